The fourth-order valence-electron chi connectivity index (χ4n) is 2.55. The van der Waals surface area contributed by atoms with Gasteiger partial charge in [0.2, 0.25) is 0 Å². The predicted octanol–water partition coefficient (Wildman–Crippen LogP) is 0.0330. The van der Waals surface area contributed by atoms with E-state index in [2.05, 4.69) is 5.32 Å². The van der Waals surface area contributed by atoms with Crippen LogP contribution in [0.15, 0.2) is 0 Å². The molecule has 1 saturated heterocycles. The first-order valence-corrected chi connectivity index (χ1v) is 7.59. The van der Waals surface area contributed by atoms with Crippen LogP contribution in [0.2, 0.25) is 0 Å². The van der Waals surface area contributed by atoms with Gasteiger partial charge in [-0.25, -0.2) is 8.42 Å². The molecule has 88 valence electrons. The molecule has 1 aliphatic heterocycles. The second kappa shape index (κ2) is 4.39. The van der Waals surface area contributed by atoms with Gasteiger partial charge in [0, 0.05) is 18.1 Å². The molecule has 2 rings (SSSR count). The maximum Gasteiger partial charge on any atom is 0.151 e. The van der Waals surface area contributed by atoms with Gasteiger partial charge in [0.25, 0.3) is 0 Å². The summed E-state index contributed by atoms with van der Waals surface area (Å²) in [5.41, 5.74) is 5.82. The van der Waals surface area contributed by atoms with Gasteiger partial charge in [-0.05, 0) is 32.1 Å². The van der Waals surface area contributed by atoms with E-state index in [9.17, 15) is 8.42 Å². The van der Waals surface area contributed by atoms with Gasteiger partial charge in [-0.3, -0.25) is 0 Å². The Bertz CT molecular complexity index is 307. The SMILES string of the molecule is NC1CCC(NC2CCS(=O)(=O)C2)CC1. The molecule has 1 aliphatic carbocycles. The molecule has 0 amide bonds. The third kappa shape index (κ3) is 3.16. The van der Waals surface area contributed by atoms with E-state index >= 15 is 0 Å². The minimum atomic E-state index is -2.74. The lowest BCUT2D eigenvalue weighted by molar-refractivity contribution is 0.321. The summed E-state index contributed by atoms with van der Waals surface area (Å²) in [4.78, 5) is 0. The van der Waals surface area contributed by atoms with Crippen molar-refractivity contribution in [1.82, 2.24) is 5.32 Å². The first kappa shape index (κ1) is 11.4. The van der Waals surface area contributed by atoms with Crippen LogP contribution in [0, 0.1) is 0 Å². The van der Waals surface area contributed by atoms with Crippen molar-refractivity contribution in [2.45, 2.75) is 50.2 Å². The van der Waals surface area contributed by atoms with Crippen LogP contribution in [-0.4, -0.2) is 38.0 Å². The monoisotopic (exact) mass is 232 g/mol. The van der Waals surface area contributed by atoms with Gasteiger partial charge in [-0.1, -0.05) is 0 Å². The standard InChI is InChI=1S/C10H20N2O2S/c11-8-1-3-9(4-2-8)12-10-5-6-15(13,14)7-10/h8-10,12H,1-7,11H2. The Balaban J connectivity index is 1.78. The minimum absolute atomic E-state index is 0.189. The van der Waals surface area contributed by atoms with Crippen LogP contribution in [0.1, 0.15) is 32.1 Å². The Kier molecular flexibility index (Phi) is 3.33. The molecule has 2 fully saturated rings. The summed E-state index contributed by atoms with van der Waals surface area (Å²) in [5.74, 6) is 0.687. The van der Waals surface area contributed by atoms with Crippen molar-refractivity contribution in [1.29, 1.82) is 0 Å². The average Bonchev–Trinajstić information content (AvgIpc) is 2.50. The molecule has 1 unspecified atom stereocenters. The molecule has 3 N–H and O–H groups in total. The Morgan fingerprint density at radius 3 is 2.20 bits per heavy atom. The number of rotatable bonds is 2. The van der Waals surface area contributed by atoms with E-state index in [0.29, 0.717) is 23.6 Å². The van der Waals surface area contributed by atoms with Crippen molar-refractivity contribution in [3.63, 3.8) is 0 Å². The molecule has 15 heavy (non-hydrogen) atoms. The van der Waals surface area contributed by atoms with E-state index in [-0.39, 0.29) is 6.04 Å². The van der Waals surface area contributed by atoms with Crippen LogP contribution >= 0.6 is 0 Å². The minimum Gasteiger partial charge on any atom is -0.328 e. The van der Waals surface area contributed by atoms with Gasteiger partial charge in [0.15, 0.2) is 9.84 Å². The second-order valence-electron chi connectivity index (χ2n) is 4.88. The second-order valence-corrected chi connectivity index (χ2v) is 7.11. The van der Waals surface area contributed by atoms with Gasteiger partial charge in [0.05, 0.1) is 11.5 Å². The Hall–Kier alpha value is -0.130. The van der Waals surface area contributed by atoms with E-state index in [1.165, 1.54) is 0 Å². The van der Waals surface area contributed by atoms with Crippen molar-refractivity contribution >= 4 is 9.84 Å². The molecule has 1 atom stereocenters. The molecule has 4 nitrogen and oxygen atoms in total. The molecule has 0 bridgehead atoms. The van der Waals surface area contributed by atoms with Crippen molar-refractivity contribution in [2.75, 3.05) is 11.5 Å². The van der Waals surface area contributed by atoms with Gasteiger partial charge in [0.1, 0.15) is 0 Å². The third-order valence-corrected chi connectivity index (χ3v) is 5.24. The molecule has 0 aromatic heterocycles. The molecule has 1 saturated carbocycles. The molecule has 0 spiro atoms. The molecule has 5 heteroatoms. The lowest BCUT2D eigenvalue weighted by atomic mass is 9.91. The van der Waals surface area contributed by atoms with Crippen LogP contribution in [0.25, 0.3) is 0 Å². The topological polar surface area (TPSA) is 72.2 Å². The quantitative estimate of drug-likeness (QED) is 0.705. The lowest BCUT2D eigenvalue weighted by Gasteiger charge is -2.29. The summed E-state index contributed by atoms with van der Waals surface area (Å²) in [6.07, 6.45) is 5.11. The zero-order valence-corrected chi connectivity index (χ0v) is 9.80. The summed E-state index contributed by atoms with van der Waals surface area (Å²) in [6, 6.07) is 1.03. The largest absolute Gasteiger partial charge is 0.328 e. The average molecular weight is 232 g/mol. The Morgan fingerprint density at radius 1 is 1.00 bits per heavy atom. The predicted molar refractivity (Wildman–Crippen MR) is 60.4 cm³/mol. The highest BCUT2D eigenvalue weighted by Gasteiger charge is 2.30. The van der Waals surface area contributed by atoms with Crippen molar-refractivity contribution in [3.05, 3.63) is 0 Å². The molecule has 2 aliphatic rings. The van der Waals surface area contributed by atoms with E-state index in [4.69, 9.17) is 5.73 Å². The molecule has 0 radical (unpaired) electrons. The zero-order valence-electron chi connectivity index (χ0n) is 8.98. The number of sulfone groups is 1. The summed E-state index contributed by atoms with van der Waals surface area (Å²) < 4.78 is 22.5. The molecule has 0 aromatic rings. The number of nitrogens with two attached hydrogens (primary N) is 1. The van der Waals surface area contributed by atoms with E-state index in [1.807, 2.05) is 0 Å². The third-order valence-electron chi connectivity index (χ3n) is 3.48. The van der Waals surface area contributed by atoms with E-state index < -0.39 is 9.84 Å². The van der Waals surface area contributed by atoms with Gasteiger partial charge in [-0.15, -0.1) is 0 Å². The summed E-state index contributed by atoms with van der Waals surface area (Å²) in [7, 11) is -2.74. The highest BCUT2D eigenvalue weighted by molar-refractivity contribution is 7.91. The van der Waals surface area contributed by atoms with Crippen LogP contribution in [-0.2, 0) is 9.84 Å². The van der Waals surface area contributed by atoms with Crippen molar-refractivity contribution in [3.8, 4) is 0 Å². The smallest absolute Gasteiger partial charge is 0.151 e. The molecule has 1 heterocycles. The molecule has 0 aromatic carbocycles. The summed E-state index contributed by atoms with van der Waals surface area (Å²) in [6.45, 7) is 0. The number of hydrogen-bond donors (Lipinski definition) is 2. The summed E-state index contributed by atoms with van der Waals surface area (Å²) in [5, 5.41) is 3.46. The van der Waals surface area contributed by atoms with E-state index in [1.54, 1.807) is 0 Å². The molecular weight excluding hydrogens is 212 g/mol. The highest BCUT2D eigenvalue weighted by atomic mass is 32.2. The molecular formula is C10H20N2O2S. The van der Waals surface area contributed by atoms with Crippen molar-refractivity contribution < 1.29 is 8.42 Å². The van der Waals surface area contributed by atoms with Gasteiger partial charge in [-0.2, -0.15) is 0 Å². The Labute approximate surface area is 91.5 Å². The van der Waals surface area contributed by atoms with Gasteiger partial charge < -0.3 is 11.1 Å². The summed E-state index contributed by atoms with van der Waals surface area (Å²) >= 11 is 0. The number of hydrogen-bond acceptors (Lipinski definition) is 4. The van der Waals surface area contributed by atoms with Gasteiger partial charge >= 0.3 is 0 Å². The van der Waals surface area contributed by atoms with Crippen molar-refractivity contribution in [2.24, 2.45) is 5.73 Å². The van der Waals surface area contributed by atoms with Crippen LogP contribution in [0.3, 0.4) is 0 Å². The number of nitrogens with one attached hydrogen (secondary N) is 1. The lowest BCUT2D eigenvalue weighted by Crippen LogP contribution is -2.43. The fourth-order valence-corrected chi connectivity index (χ4v) is 4.23. The van der Waals surface area contributed by atoms with E-state index in [0.717, 1.165) is 32.1 Å². The normalized spacial score (nSPS) is 40.5. The van der Waals surface area contributed by atoms with Crippen LogP contribution < -0.4 is 11.1 Å². The maximum atomic E-state index is 11.3. The first-order chi connectivity index (χ1) is 7.05. The first-order valence-electron chi connectivity index (χ1n) is 5.77. The zero-order chi connectivity index (χ0) is 10.9. The fraction of sp³-hybridized carbons (Fsp3) is 1.00. The van der Waals surface area contributed by atoms with Crippen LogP contribution in [0.4, 0.5) is 0 Å². The van der Waals surface area contributed by atoms with Crippen LogP contribution in [0.5, 0.6) is 0 Å². The Morgan fingerprint density at radius 2 is 1.67 bits per heavy atom. The maximum absolute atomic E-state index is 11.3. The highest BCUT2D eigenvalue weighted by Crippen LogP contribution is 2.20.